The second-order valence-corrected chi connectivity index (χ2v) is 6.58. The maximum absolute atomic E-state index is 12.3. The number of rotatable bonds is 3. The largest absolute Gasteiger partial charge is 0.351 e. The van der Waals surface area contributed by atoms with Gasteiger partial charge in [0.15, 0.2) is 0 Å². The Labute approximate surface area is 108 Å². The number of carbonyl (C=O) groups excluding carboxylic acids is 1. The van der Waals surface area contributed by atoms with Crippen LogP contribution in [0.1, 0.15) is 45.4 Å². The van der Waals surface area contributed by atoms with Gasteiger partial charge >= 0.3 is 0 Å². The van der Waals surface area contributed by atoms with Crippen molar-refractivity contribution in [2.75, 3.05) is 12.8 Å². The predicted octanol–water partition coefficient (Wildman–Crippen LogP) is 1.92. The van der Waals surface area contributed by atoms with Crippen LogP contribution < -0.4 is 10.6 Å². The highest BCUT2D eigenvalue weighted by Gasteiger charge is 2.38. The zero-order valence-corrected chi connectivity index (χ0v) is 11.7. The van der Waals surface area contributed by atoms with Crippen LogP contribution in [0, 0.1) is 0 Å². The summed E-state index contributed by atoms with van der Waals surface area (Å²) in [7, 11) is 0. The molecular formula is C13H24N2OS. The lowest BCUT2D eigenvalue weighted by Crippen LogP contribution is -2.56. The minimum atomic E-state index is -0.319. The second-order valence-electron chi connectivity index (χ2n) is 5.50. The van der Waals surface area contributed by atoms with Gasteiger partial charge < -0.3 is 10.6 Å². The molecule has 0 aromatic heterocycles. The van der Waals surface area contributed by atoms with E-state index in [0.717, 1.165) is 25.8 Å². The number of amides is 1. The average Bonchev–Trinajstić information content (AvgIpc) is 2.78. The molecule has 0 aromatic rings. The van der Waals surface area contributed by atoms with E-state index in [-0.39, 0.29) is 11.4 Å². The first-order valence-corrected chi connectivity index (χ1v) is 8.03. The summed E-state index contributed by atoms with van der Waals surface area (Å²) in [5.74, 6) is 0.209. The Kier molecular flexibility index (Phi) is 4.36. The van der Waals surface area contributed by atoms with Gasteiger partial charge in [0, 0.05) is 11.3 Å². The van der Waals surface area contributed by atoms with Gasteiger partial charge in [-0.15, -0.1) is 0 Å². The Bertz CT molecular complexity index is 277. The van der Waals surface area contributed by atoms with Crippen molar-refractivity contribution in [1.82, 2.24) is 10.6 Å². The SMILES string of the molecule is CSC1CCCCC1NC(=O)C1(C)CCCN1. The molecule has 2 N–H and O–H groups in total. The highest BCUT2D eigenvalue weighted by atomic mass is 32.2. The van der Waals surface area contributed by atoms with Crippen molar-refractivity contribution in [1.29, 1.82) is 0 Å². The van der Waals surface area contributed by atoms with Crippen molar-refractivity contribution < 1.29 is 4.79 Å². The van der Waals surface area contributed by atoms with Gasteiger partial charge in [0.1, 0.15) is 0 Å². The number of thioether (sulfide) groups is 1. The summed E-state index contributed by atoms with van der Waals surface area (Å²) in [5.41, 5.74) is -0.319. The van der Waals surface area contributed by atoms with Crippen LogP contribution in [0.15, 0.2) is 0 Å². The lowest BCUT2D eigenvalue weighted by atomic mass is 9.92. The Morgan fingerprint density at radius 3 is 2.76 bits per heavy atom. The van der Waals surface area contributed by atoms with Crippen molar-refractivity contribution in [2.45, 2.75) is 62.3 Å². The van der Waals surface area contributed by atoms with E-state index in [1.165, 1.54) is 19.3 Å². The number of carbonyl (C=O) groups is 1. The maximum atomic E-state index is 12.3. The van der Waals surface area contributed by atoms with E-state index in [4.69, 9.17) is 0 Å². The minimum Gasteiger partial charge on any atom is -0.351 e. The van der Waals surface area contributed by atoms with E-state index in [1.807, 2.05) is 18.7 Å². The summed E-state index contributed by atoms with van der Waals surface area (Å²) in [5, 5.41) is 7.23. The zero-order valence-electron chi connectivity index (χ0n) is 10.9. The molecule has 1 amide bonds. The molecule has 2 rings (SSSR count). The number of hydrogen-bond donors (Lipinski definition) is 2. The molecule has 17 heavy (non-hydrogen) atoms. The molecule has 0 bridgehead atoms. The summed E-state index contributed by atoms with van der Waals surface area (Å²) >= 11 is 1.90. The van der Waals surface area contributed by atoms with Gasteiger partial charge in [0.2, 0.25) is 5.91 Å². The van der Waals surface area contributed by atoms with Crippen molar-refractivity contribution in [3.05, 3.63) is 0 Å². The summed E-state index contributed by atoms with van der Waals surface area (Å²) in [6.45, 7) is 3.01. The van der Waals surface area contributed by atoms with E-state index in [9.17, 15) is 4.79 Å². The van der Waals surface area contributed by atoms with Crippen LogP contribution in [0.4, 0.5) is 0 Å². The van der Waals surface area contributed by atoms with Gasteiger partial charge in [-0.05, 0) is 45.4 Å². The smallest absolute Gasteiger partial charge is 0.240 e. The van der Waals surface area contributed by atoms with Crippen LogP contribution >= 0.6 is 11.8 Å². The van der Waals surface area contributed by atoms with Crippen LogP contribution in [0.3, 0.4) is 0 Å². The summed E-state index contributed by atoms with van der Waals surface area (Å²) < 4.78 is 0. The van der Waals surface area contributed by atoms with Crippen molar-refractivity contribution in [2.24, 2.45) is 0 Å². The standard InChI is InChI=1S/C13H24N2OS/c1-13(8-5-9-14-13)12(16)15-10-6-3-4-7-11(10)17-2/h10-11,14H,3-9H2,1-2H3,(H,15,16). The van der Waals surface area contributed by atoms with Gasteiger partial charge in [0.05, 0.1) is 5.54 Å². The molecule has 2 fully saturated rings. The molecule has 1 saturated heterocycles. The highest BCUT2D eigenvalue weighted by Crippen LogP contribution is 2.28. The normalized spacial score (nSPS) is 38.0. The number of hydrogen-bond acceptors (Lipinski definition) is 3. The van der Waals surface area contributed by atoms with Crippen LogP contribution in [-0.4, -0.2) is 35.5 Å². The molecular weight excluding hydrogens is 232 g/mol. The van der Waals surface area contributed by atoms with Crippen LogP contribution in [0.2, 0.25) is 0 Å². The molecule has 1 saturated carbocycles. The fraction of sp³-hybridized carbons (Fsp3) is 0.923. The zero-order chi connectivity index (χ0) is 12.3. The molecule has 3 unspecified atom stereocenters. The molecule has 3 atom stereocenters. The first-order valence-electron chi connectivity index (χ1n) is 6.74. The fourth-order valence-electron chi connectivity index (χ4n) is 2.96. The van der Waals surface area contributed by atoms with E-state index in [0.29, 0.717) is 11.3 Å². The molecule has 1 aliphatic carbocycles. The van der Waals surface area contributed by atoms with E-state index >= 15 is 0 Å². The predicted molar refractivity (Wildman–Crippen MR) is 73.3 cm³/mol. The van der Waals surface area contributed by atoms with Crippen molar-refractivity contribution in [3.63, 3.8) is 0 Å². The van der Waals surface area contributed by atoms with Crippen molar-refractivity contribution >= 4 is 17.7 Å². The molecule has 98 valence electrons. The third kappa shape index (κ3) is 2.97. The van der Waals surface area contributed by atoms with E-state index in [1.54, 1.807) is 0 Å². The topological polar surface area (TPSA) is 41.1 Å². The summed E-state index contributed by atoms with van der Waals surface area (Å²) in [4.78, 5) is 12.3. The summed E-state index contributed by atoms with van der Waals surface area (Å²) in [6.07, 6.45) is 9.20. The third-order valence-electron chi connectivity index (χ3n) is 4.19. The first-order chi connectivity index (χ1) is 8.15. The lowest BCUT2D eigenvalue weighted by Gasteiger charge is -2.34. The Morgan fingerprint density at radius 2 is 2.12 bits per heavy atom. The Balaban J connectivity index is 1.92. The van der Waals surface area contributed by atoms with Gasteiger partial charge in [-0.25, -0.2) is 0 Å². The fourth-order valence-corrected chi connectivity index (χ4v) is 3.90. The molecule has 1 aliphatic heterocycles. The monoisotopic (exact) mass is 256 g/mol. The van der Waals surface area contributed by atoms with Gasteiger partial charge in [-0.1, -0.05) is 12.8 Å². The molecule has 0 aromatic carbocycles. The lowest BCUT2D eigenvalue weighted by molar-refractivity contribution is -0.127. The molecule has 0 radical (unpaired) electrons. The minimum absolute atomic E-state index is 0.209. The quantitative estimate of drug-likeness (QED) is 0.810. The van der Waals surface area contributed by atoms with E-state index < -0.39 is 0 Å². The first kappa shape index (κ1) is 13.2. The molecule has 4 heteroatoms. The molecule has 2 aliphatic rings. The summed E-state index contributed by atoms with van der Waals surface area (Å²) in [6, 6.07) is 0.380. The van der Waals surface area contributed by atoms with Gasteiger partial charge in [0.25, 0.3) is 0 Å². The van der Waals surface area contributed by atoms with Gasteiger partial charge in [-0.3, -0.25) is 4.79 Å². The highest BCUT2D eigenvalue weighted by molar-refractivity contribution is 7.99. The third-order valence-corrected chi connectivity index (χ3v) is 5.36. The number of nitrogens with one attached hydrogen (secondary N) is 2. The van der Waals surface area contributed by atoms with Crippen LogP contribution in [0.5, 0.6) is 0 Å². The Hall–Kier alpha value is -0.220. The van der Waals surface area contributed by atoms with Crippen LogP contribution in [-0.2, 0) is 4.79 Å². The van der Waals surface area contributed by atoms with E-state index in [2.05, 4.69) is 16.9 Å². The second kappa shape index (κ2) is 5.61. The van der Waals surface area contributed by atoms with Gasteiger partial charge in [-0.2, -0.15) is 11.8 Å². The maximum Gasteiger partial charge on any atom is 0.240 e. The molecule has 1 heterocycles. The molecule has 3 nitrogen and oxygen atoms in total. The Morgan fingerprint density at radius 1 is 1.35 bits per heavy atom. The molecule has 0 spiro atoms. The average molecular weight is 256 g/mol. The van der Waals surface area contributed by atoms with Crippen molar-refractivity contribution in [3.8, 4) is 0 Å². The van der Waals surface area contributed by atoms with Crippen LogP contribution in [0.25, 0.3) is 0 Å².